The standard InChI is InChI=1S/C18H24N2O3/c1-23-15-6-7-16-14(11-15)4-2-3-9-20(16)18(22)10-13-5-8-17(21)19-12-13/h6-7,11,13H,2-5,8-10,12H2,1H3,(H,19,21). The first-order valence-electron chi connectivity index (χ1n) is 8.41. The Kier molecular flexibility index (Phi) is 4.84. The molecule has 0 aliphatic carbocycles. The van der Waals surface area contributed by atoms with Crippen LogP contribution in [-0.2, 0) is 16.0 Å². The Bertz CT molecular complexity index is 590. The third-order valence-electron chi connectivity index (χ3n) is 4.79. The Morgan fingerprint density at radius 2 is 2.22 bits per heavy atom. The van der Waals surface area contributed by atoms with E-state index >= 15 is 0 Å². The molecule has 0 aromatic heterocycles. The molecule has 1 aromatic rings. The molecule has 0 spiro atoms. The van der Waals surface area contributed by atoms with E-state index < -0.39 is 0 Å². The van der Waals surface area contributed by atoms with Crippen LogP contribution in [0, 0.1) is 5.92 Å². The molecule has 5 heteroatoms. The summed E-state index contributed by atoms with van der Waals surface area (Å²) < 4.78 is 5.30. The van der Waals surface area contributed by atoms with Gasteiger partial charge in [-0.2, -0.15) is 0 Å². The second kappa shape index (κ2) is 7.02. The molecular formula is C18H24N2O3. The number of hydrogen-bond donors (Lipinski definition) is 1. The highest BCUT2D eigenvalue weighted by molar-refractivity contribution is 5.94. The van der Waals surface area contributed by atoms with Crippen LogP contribution < -0.4 is 15.0 Å². The second-order valence-corrected chi connectivity index (χ2v) is 6.41. The fraction of sp³-hybridized carbons (Fsp3) is 0.556. The van der Waals surface area contributed by atoms with Gasteiger partial charge in [0.2, 0.25) is 11.8 Å². The van der Waals surface area contributed by atoms with Gasteiger partial charge in [-0.25, -0.2) is 0 Å². The van der Waals surface area contributed by atoms with Crippen molar-refractivity contribution in [3.63, 3.8) is 0 Å². The maximum atomic E-state index is 12.8. The van der Waals surface area contributed by atoms with Gasteiger partial charge >= 0.3 is 0 Å². The van der Waals surface area contributed by atoms with Crippen molar-refractivity contribution in [1.82, 2.24) is 5.32 Å². The van der Waals surface area contributed by atoms with Gasteiger partial charge < -0.3 is 15.0 Å². The van der Waals surface area contributed by atoms with Crippen molar-refractivity contribution in [1.29, 1.82) is 0 Å². The third-order valence-corrected chi connectivity index (χ3v) is 4.79. The van der Waals surface area contributed by atoms with Crippen LogP contribution in [0.5, 0.6) is 5.75 Å². The molecule has 1 atom stereocenters. The zero-order valence-electron chi connectivity index (χ0n) is 13.6. The van der Waals surface area contributed by atoms with Crippen LogP contribution >= 0.6 is 0 Å². The largest absolute Gasteiger partial charge is 0.497 e. The number of benzene rings is 1. The fourth-order valence-corrected chi connectivity index (χ4v) is 3.43. The topological polar surface area (TPSA) is 58.6 Å². The lowest BCUT2D eigenvalue weighted by molar-refractivity contribution is -0.125. The number of anilines is 1. The molecule has 2 aliphatic heterocycles. The summed E-state index contributed by atoms with van der Waals surface area (Å²) >= 11 is 0. The van der Waals surface area contributed by atoms with Crippen LogP contribution in [0.2, 0.25) is 0 Å². The molecule has 1 N–H and O–H groups in total. The normalized spacial score (nSPS) is 21.2. The van der Waals surface area contributed by atoms with Gasteiger partial charge in [-0.05, 0) is 55.4 Å². The lowest BCUT2D eigenvalue weighted by Gasteiger charge is -2.27. The van der Waals surface area contributed by atoms with E-state index in [1.807, 2.05) is 23.1 Å². The lowest BCUT2D eigenvalue weighted by Crippen LogP contribution is -2.39. The van der Waals surface area contributed by atoms with Gasteiger partial charge in [0, 0.05) is 31.6 Å². The highest BCUT2D eigenvalue weighted by Gasteiger charge is 2.26. The molecule has 5 nitrogen and oxygen atoms in total. The average Bonchev–Trinajstić information content (AvgIpc) is 2.78. The molecule has 0 saturated carbocycles. The Morgan fingerprint density at radius 3 is 2.96 bits per heavy atom. The summed E-state index contributed by atoms with van der Waals surface area (Å²) in [4.78, 5) is 26.0. The van der Waals surface area contributed by atoms with Crippen LogP contribution in [0.15, 0.2) is 18.2 Å². The SMILES string of the molecule is COc1ccc2c(c1)CCCCN2C(=O)CC1CCC(=O)NC1. The molecule has 124 valence electrons. The smallest absolute Gasteiger partial charge is 0.227 e. The number of aryl methyl sites for hydroxylation is 1. The van der Waals surface area contributed by atoms with E-state index in [4.69, 9.17) is 4.74 Å². The van der Waals surface area contributed by atoms with Crippen molar-refractivity contribution < 1.29 is 14.3 Å². The molecule has 0 bridgehead atoms. The van der Waals surface area contributed by atoms with Crippen molar-refractivity contribution in [3.05, 3.63) is 23.8 Å². The number of ether oxygens (including phenoxy) is 1. The van der Waals surface area contributed by atoms with Crippen LogP contribution in [0.1, 0.15) is 37.7 Å². The summed E-state index contributed by atoms with van der Waals surface area (Å²) in [5, 5.41) is 2.86. The van der Waals surface area contributed by atoms with Crippen LogP contribution in [-0.4, -0.2) is 32.0 Å². The van der Waals surface area contributed by atoms with E-state index in [1.54, 1.807) is 7.11 Å². The molecule has 2 aliphatic rings. The maximum absolute atomic E-state index is 12.8. The summed E-state index contributed by atoms with van der Waals surface area (Å²) in [6.45, 7) is 1.39. The quantitative estimate of drug-likeness (QED) is 0.931. The molecule has 23 heavy (non-hydrogen) atoms. The minimum Gasteiger partial charge on any atom is -0.497 e. The maximum Gasteiger partial charge on any atom is 0.227 e. The Balaban J connectivity index is 1.74. The number of piperidine rings is 1. The number of carbonyl (C=O) groups is 2. The summed E-state index contributed by atoms with van der Waals surface area (Å²) in [7, 11) is 1.67. The van der Waals surface area contributed by atoms with Gasteiger partial charge in [-0.1, -0.05) is 0 Å². The second-order valence-electron chi connectivity index (χ2n) is 6.41. The minimum absolute atomic E-state index is 0.0981. The highest BCUT2D eigenvalue weighted by atomic mass is 16.5. The van der Waals surface area contributed by atoms with E-state index in [-0.39, 0.29) is 17.7 Å². The average molecular weight is 316 g/mol. The first kappa shape index (κ1) is 15.8. The number of amides is 2. The minimum atomic E-state index is 0.0981. The van der Waals surface area contributed by atoms with Gasteiger partial charge in [0.25, 0.3) is 0 Å². The van der Waals surface area contributed by atoms with Crippen molar-refractivity contribution in [2.24, 2.45) is 5.92 Å². The fourth-order valence-electron chi connectivity index (χ4n) is 3.43. The molecule has 2 heterocycles. The molecule has 0 radical (unpaired) electrons. The molecule has 1 aromatic carbocycles. The summed E-state index contributed by atoms with van der Waals surface area (Å²) in [6.07, 6.45) is 4.93. The molecule has 1 fully saturated rings. The van der Waals surface area contributed by atoms with Crippen molar-refractivity contribution in [2.45, 2.75) is 38.5 Å². The van der Waals surface area contributed by atoms with Gasteiger partial charge in [-0.3, -0.25) is 9.59 Å². The van der Waals surface area contributed by atoms with Crippen molar-refractivity contribution in [2.75, 3.05) is 25.1 Å². The Labute approximate surface area is 137 Å². The molecule has 1 unspecified atom stereocenters. The third kappa shape index (κ3) is 3.66. The van der Waals surface area contributed by atoms with Gasteiger partial charge in [0.1, 0.15) is 5.75 Å². The van der Waals surface area contributed by atoms with Crippen LogP contribution in [0.4, 0.5) is 5.69 Å². The first-order valence-corrected chi connectivity index (χ1v) is 8.41. The first-order chi connectivity index (χ1) is 11.2. The number of rotatable bonds is 3. The number of nitrogens with one attached hydrogen (secondary N) is 1. The van der Waals surface area contributed by atoms with Gasteiger partial charge in [0.15, 0.2) is 0 Å². The number of nitrogens with zero attached hydrogens (tertiary/aromatic N) is 1. The number of carbonyl (C=O) groups excluding carboxylic acids is 2. The van der Waals surface area contributed by atoms with E-state index in [9.17, 15) is 9.59 Å². The Morgan fingerprint density at radius 1 is 1.35 bits per heavy atom. The van der Waals surface area contributed by atoms with Gasteiger partial charge in [-0.15, -0.1) is 0 Å². The summed E-state index contributed by atoms with van der Waals surface area (Å²) in [6, 6.07) is 5.97. The monoisotopic (exact) mass is 316 g/mol. The summed E-state index contributed by atoms with van der Waals surface area (Å²) in [5.41, 5.74) is 2.21. The predicted octanol–water partition coefficient (Wildman–Crippen LogP) is 2.28. The molecular weight excluding hydrogens is 292 g/mol. The van der Waals surface area contributed by atoms with Crippen LogP contribution in [0.3, 0.4) is 0 Å². The van der Waals surface area contributed by atoms with E-state index in [2.05, 4.69) is 5.32 Å². The van der Waals surface area contributed by atoms with Gasteiger partial charge in [0.05, 0.1) is 7.11 Å². The Hall–Kier alpha value is -2.04. The lowest BCUT2D eigenvalue weighted by atomic mass is 9.95. The summed E-state index contributed by atoms with van der Waals surface area (Å²) in [5.74, 6) is 1.36. The van der Waals surface area contributed by atoms with Crippen molar-refractivity contribution >= 4 is 17.5 Å². The van der Waals surface area contributed by atoms with Crippen LogP contribution in [0.25, 0.3) is 0 Å². The molecule has 1 saturated heterocycles. The predicted molar refractivity (Wildman–Crippen MR) is 88.6 cm³/mol. The number of methoxy groups -OCH3 is 1. The zero-order chi connectivity index (χ0) is 16.2. The van der Waals surface area contributed by atoms with E-state index in [1.165, 1.54) is 5.56 Å². The molecule has 3 rings (SSSR count). The zero-order valence-corrected chi connectivity index (χ0v) is 13.6. The molecule has 2 amide bonds. The number of fused-ring (bicyclic) bond motifs is 1. The highest BCUT2D eigenvalue weighted by Crippen LogP contribution is 2.31. The van der Waals surface area contributed by atoms with E-state index in [0.29, 0.717) is 19.4 Å². The van der Waals surface area contributed by atoms with E-state index in [0.717, 1.165) is 43.7 Å². The number of hydrogen-bond acceptors (Lipinski definition) is 3. The van der Waals surface area contributed by atoms with Crippen molar-refractivity contribution in [3.8, 4) is 5.75 Å².